The molecule has 0 aliphatic rings. The lowest BCUT2D eigenvalue weighted by Gasteiger charge is -2.07. The molecule has 146 valence electrons. The van der Waals surface area contributed by atoms with Gasteiger partial charge in [0, 0.05) is 35.8 Å². The standard InChI is InChI=1S/C24H20N6/c1-24(2,3)9-4-17-14-20(22(29-25)18-5-10-27-11-6-18)16-21(15-17)23(30-26)19-7-12-28-13-8-19/h5-8,10-16H,1-3H3. The highest BCUT2D eigenvalue weighted by atomic mass is 14.9. The summed E-state index contributed by atoms with van der Waals surface area (Å²) in [4.78, 5) is 15.0. The zero-order valence-electron chi connectivity index (χ0n) is 17.0. The molecule has 2 aromatic heterocycles. The van der Waals surface area contributed by atoms with E-state index < -0.39 is 0 Å². The van der Waals surface area contributed by atoms with Gasteiger partial charge in [0.25, 0.3) is 0 Å². The zero-order valence-corrected chi connectivity index (χ0v) is 17.0. The molecule has 0 spiro atoms. The highest BCUT2D eigenvalue weighted by Gasteiger charge is 2.22. The molecule has 2 heterocycles. The highest BCUT2D eigenvalue weighted by Crippen LogP contribution is 2.18. The lowest BCUT2D eigenvalue weighted by molar-refractivity contribution is -0.00290. The fraction of sp³-hybridized carbons (Fsp3) is 0.167. The van der Waals surface area contributed by atoms with E-state index in [0.717, 1.165) is 0 Å². The smallest absolute Gasteiger partial charge is 0.329 e. The molecule has 3 rings (SSSR count). The first kappa shape index (κ1) is 20.6. The molecule has 0 radical (unpaired) electrons. The Labute approximate surface area is 175 Å². The molecule has 3 aromatic rings. The average molecular weight is 392 g/mol. The SMILES string of the molecule is CC(C)(C)C#Cc1cc(C(=[N+]=[N-])c2ccncc2)cc(C(=[N+]=[N-])c2ccncc2)c1. The van der Waals surface area contributed by atoms with Crippen molar-refractivity contribution in [3.8, 4) is 11.8 Å². The molecule has 0 atom stereocenters. The number of hydrogen-bond acceptors (Lipinski definition) is 2. The van der Waals surface area contributed by atoms with Crippen LogP contribution in [0.5, 0.6) is 0 Å². The van der Waals surface area contributed by atoms with Crippen molar-refractivity contribution in [2.45, 2.75) is 20.8 Å². The Hall–Kier alpha value is -4.16. The predicted octanol–water partition coefficient (Wildman–Crippen LogP) is 4.01. The third kappa shape index (κ3) is 5.01. The van der Waals surface area contributed by atoms with Gasteiger partial charge >= 0.3 is 11.4 Å². The molecule has 0 aliphatic heterocycles. The Kier molecular flexibility index (Phi) is 6.10. The van der Waals surface area contributed by atoms with Crippen molar-refractivity contribution in [1.29, 1.82) is 0 Å². The summed E-state index contributed by atoms with van der Waals surface area (Å²) in [6, 6.07) is 12.5. The zero-order chi connectivity index (χ0) is 21.6. The van der Waals surface area contributed by atoms with Gasteiger partial charge in [-0.15, -0.1) is 0 Å². The largest absolute Gasteiger partial charge is 0.361 e. The van der Waals surface area contributed by atoms with Gasteiger partial charge in [0.05, 0.1) is 22.3 Å². The fourth-order valence-corrected chi connectivity index (χ4v) is 2.82. The first-order chi connectivity index (χ1) is 14.4. The quantitative estimate of drug-likeness (QED) is 0.290. The molecule has 0 saturated heterocycles. The molecule has 1 aromatic carbocycles. The monoisotopic (exact) mass is 392 g/mol. The van der Waals surface area contributed by atoms with E-state index in [0.29, 0.717) is 39.2 Å². The molecule has 0 aliphatic carbocycles. The molecule has 0 saturated carbocycles. The fourth-order valence-electron chi connectivity index (χ4n) is 2.82. The minimum absolute atomic E-state index is 0.186. The van der Waals surface area contributed by atoms with Crippen molar-refractivity contribution in [2.75, 3.05) is 0 Å². The molecule has 30 heavy (non-hydrogen) atoms. The normalized spacial score (nSPS) is 10.2. The summed E-state index contributed by atoms with van der Waals surface area (Å²) in [5.41, 5.74) is 23.4. The molecular formula is C24H20N6. The Balaban J connectivity index is 2.22. The van der Waals surface area contributed by atoms with E-state index in [9.17, 15) is 11.1 Å². The minimum atomic E-state index is -0.186. The summed E-state index contributed by atoms with van der Waals surface area (Å²) in [6.45, 7) is 6.08. The highest BCUT2D eigenvalue weighted by molar-refractivity contribution is 6.13. The molecule has 0 amide bonds. The Morgan fingerprint density at radius 3 is 1.53 bits per heavy atom. The number of rotatable bonds is 4. The van der Waals surface area contributed by atoms with Crippen molar-refractivity contribution in [3.05, 3.63) is 106 Å². The van der Waals surface area contributed by atoms with E-state index in [1.165, 1.54) is 0 Å². The lowest BCUT2D eigenvalue weighted by Crippen LogP contribution is -2.10. The summed E-state index contributed by atoms with van der Waals surface area (Å²) in [6.07, 6.45) is 6.51. The number of pyridine rings is 2. The van der Waals surface area contributed by atoms with Crippen molar-refractivity contribution < 1.29 is 9.58 Å². The summed E-state index contributed by atoms with van der Waals surface area (Å²) in [5, 5.41) is 0. The molecule has 0 bridgehead atoms. The van der Waals surface area contributed by atoms with Crippen LogP contribution >= 0.6 is 0 Å². The van der Waals surface area contributed by atoms with E-state index in [-0.39, 0.29) is 5.41 Å². The molecule has 6 nitrogen and oxygen atoms in total. The maximum Gasteiger partial charge on any atom is 0.329 e. The summed E-state index contributed by atoms with van der Waals surface area (Å²) in [5.74, 6) is 6.39. The predicted molar refractivity (Wildman–Crippen MR) is 115 cm³/mol. The number of aromatic nitrogens is 2. The van der Waals surface area contributed by atoms with Crippen molar-refractivity contribution in [1.82, 2.24) is 9.97 Å². The summed E-state index contributed by atoms with van der Waals surface area (Å²) in [7, 11) is 0. The van der Waals surface area contributed by atoms with Gasteiger partial charge in [0.1, 0.15) is 0 Å². The van der Waals surface area contributed by atoms with Crippen LogP contribution in [0.15, 0.2) is 67.3 Å². The van der Waals surface area contributed by atoms with Crippen LogP contribution in [0.4, 0.5) is 0 Å². The summed E-state index contributed by atoms with van der Waals surface area (Å²) >= 11 is 0. The first-order valence-corrected chi connectivity index (χ1v) is 9.35. The minimum Gasteiger partial charge on any atom is -0.361 e. The van der Waals surface area contributed by atoms with Crippen LogP contribution < -0.4 is 0 Å². The van der Waals surface area contributed by atoms with Gasteiger partial charge in [-0.25, -0.2) is 0 Å². The van der Waals surface area contributed by atoms with Crippen LogP contribution in [-0.2, 0) is 0 Å². The Morgan fingerprint density at radius 1 is 0.733 bits per heavy atom. The molecule has 0 N–H and O–H groups in total. The maximum atomic E-state index is 9.73. The van der Waals surface area contributed by atoms with E-state index in [1.54, 1.807) is 55.1 Å². The van der Waals surface area contributed by atoms with Crippen LogP contribution in [-0.4, -0.2) is 31.0 Å². The van der Waals surface area contributed by atoms with Crippen molar-refractivity contribution in [3.63, 3.8) is 0 Å². The van der Waals surface area contributed by atoms with Gasteiger partial charge < -0.3 is 11.1 Å². The van der Waals surface area contributed by atoms with Gasteiger partial charge in [0.2, 0.25) is 0 Å². The third-order valence-electron chi connectivity index (χ3n) is 4.17. The molecular weight excluding hydrogens is 372 g/mol. The van der Waals surface area contributed by atoms with Gasteiger partial charge in [-0.3, -0.25) is 9.97 Å². The Morgan fingerprint density at radius 2 is 1.17 bits per heavy atom. The number of nitrogens with zero attached hydrogens (tertiary/aromatic N) is 6. The second-order valence-corrected chi connectivity index (χ2v) is 7.67. The molecule has 0 unspecified atom stereocenters. The van der Waals surface area contributed by atoms with E-state index >= 15 is 0 Å². The van der Waals surface area contributed by atoms with E-state index in [1.807, 2.05) is 32.9 Å². The Bertz CT molecular complexity index is 1140. The second-order valence-electron chi connectivity index (χ2n) is 7.67. The van der Waals surface area contributed by atoms with Crippen molar-refractivity contribution in [2.24, 2.45) is 5.41 Å². The first-order valence-electron chi connectivity index (χ1n) is 9.35. The van der Waals surface area contributed by atoms with Crippen LogP contribution in [0.2, 0.25) is 0 Å². The van der Waals surface area contributed by atoms with Gasteiger partial charge in [0.15, 0.2) is 0 Å². The van der Waals surface area contributed by atoms with Crippen LogP contribution in [0.1, 0.15) is 48.6 Å². The molecule has 0 fully saturated rings. The van der Waals surface area contributed by atoms with Crippen LogP contribution in [0, 0.1) is 17.3 Å². The number of benzene rings is 1. The number of hydrogen-bond donors (Lipinski definition) is 0. The average Bonchev–Trinajstić information content (AvgIpc) is 2.74. The van der Waals surface area contributed by atoms with Gasteiger partial charge in [-0.1, -0.05) is 11.8 Å². The summed E-state index contributed by atoms with van der Waals surface area (Å²) < 4.78 is 0. The van der Waals surface area contributed by atoms with E-state index in [2.05, 4.69) is 31.4 Å². The topological polar surface area (TPSA) is 98.6 Å². The van der Waals surface area contributed by atoms with Crippen LogP contribution in [0.25, 0.3) is 11.1 Å². The maximum absolute atomic E-state index is 9.73. The van der Waals surface area contributed by atoms with Gasteiger partial charge in [-0.05, 0) is 63.2 Å². The van der Waals surface area contributed by atoms with E-state index in [4.69, 9.17) is 0 Å². The van der Waals surface area contributed by atoms with Crippen molar-refractivity contribution >= 4 is 11.4 Å². The lowest BCUT2D eigenvalue weighted by atomic mass is 9.93. The molecule has 6 heteroatoms. The van der Waals surface area contributed by atoms with Gasteiger partial charge in [-0.2, -0.15) is 9.58 Å². The van der Waals surface area contributed by atoms with Crippen LogP contribution in [0.3, 0.4) is 0 Å². The third-order valence-corrected chi connectivity index (χ3v) is 4.17. The second kappa shape index (κ2) is 8.89.